The molecule has 0 aliphatic rings. The Labute approximate surface area is 144 Å². The Morgan fingerprint density at radius 3 is 2.56 bits per heavy atom. The maximum atomic E-state index is 13.5. The smallest absolute Gasteiger partial charge is 0.272 e. The summed E-state index contributed by atoms with van der Waals surface area (Å²) in [4.78, 5) is 25.4. The quantitative estimate of drug-likeness (QED) is 0.784. The van der Waals surface area contributed by atoms with Gasteiger partial charge in [-0.15, -0.1) is 0 Å². The maximum absolute atomic E-state index is 13.5. The molecule has 1 amide bonds. The van der Waals surface area contributed by atoms with Crippen molar-refractivity contribution in [3.63, 3.8) is 0 Å². The standard InChI is InChI=1S/C20H19FN2O2/c1-4-23-18(11-14-10-15(21)6-7-16(14)20(23)25)19(24)22-17-8-5-12(2)9-13(17)3/h5-11H,4H2,1-3H3,(H,22,24). The highest BCUT2D eigenvalue weighted by Gasteiger charge is 2.16. The fourth-order valence-corrected chi connectivity index (χ4v) is 2.97. The van der Waals surface area contributed by atoms with Crippen LogP contribution in [0.5, 0.6) is 0 Å². The number of aromatic nitrogens is 1. The number of carbonyl (C=O) groups is 1. The van der Waals surface area contributed by atoms with Gasteiger partial charge in [-0.3, -0.25) is 9.59 Å². The van der Waals surface area contributed by atoms with E-state index in [4.69, 9.17) is 0 Å². The number of halogens is 1. The Bertz CT molecular complexity index is 1040. The molecule has 0 unspecified atom stereocenters. The average Bonchev–Trinajstić information content (AvgIpc) is 2.56. The number of benzene rings is 2. The van der Waals surface area contributed by atoms with Gasteiger partial charge in [-0.05, 0) is 62.1 Å². The van der Waals surface area contributed by atoms with Crippen molar-refractivity contribution in [2.45, 2.75) is 27.3 Å². The van der Waals surface area contributed by atoms with Crippen molar-refractivity contribution in [3.8, 4) is 0 Å². The lowest BCUT2D eigenvalue weighted by Crippen LogP contribution is -2.28. The van der Waals surface area contributed by atoms with Crippen LogP contribution in [0.3, 0.4) is 0 Å². The van der Waals surface area contributed by atoms with E-state index in [-0.39, 0.29) is 11.3 Å². The Hall–Kier alpha value is -2.95. The van der Waals surface area contributed by atoms with Crippen LogP contribution in [0.1, 0.15) is 28.5 Å². The molecule has 0 atom stereocenters. The van der Waals surface area contributed by atoms with E-state index in [1.54, 1.807) is 13.0 Å². The summed E-state index contributed by atoms with van der Waals surface area (Å²) in [7, 11) is 0. The fourth-order valence-electron chi connectivity index (χ4n) is 2.97. The van der Waals surface area contributed by atoms with Crippen molar-refractivity contribution in [2.75, 3.05) is 5.32 Å². The van der Waals surface area contributed by atoms with Crippen LogP contribution >= 0.6 is 0 Å². The number of anilines is 1. The first-order valence-electron chi connectivity index (χ1n) is 8.12. The van der Waals surface area contributed by atoms with Crippen molar-refractivity contribution in [2.24, 2.45) is 0 Å². The number of nitrogens with one attached hydrogen (secondary N) is 1. The predicted molar refractivity (Wildman–Crippen MR) is 97.7 cm³/mol. The van der Waals surface area contributed by atoms with E-state index in [2.05, 4.69) is 5.32 Å². The number of fused-ring (bicyclic) bond motifs is 1. The van der Waals surface area contributed by atoms with Gasteiger partial charge in [-0.25, -0.2) is 4.39 Å². The molecule has 0 bridgehead atoms. The molecule has 4 nitrogen and oxygen atoms in total. The summed E-state index contributed by atoms with van der Waals surface area (Å²) in [6, 6.07) is 11.2. The molecule has 5 heteroatoms. The van der Waals surface area contributed by atoms with E-state index in [9.17, 15) is 14.0 Å². The highest BCUT2D eigenvalue weighted by Crippen LogP contribution is 2.19. The third-order valence-electron chi connectivity index (χ3n) is 4.25. The van der Waals surface area contributed by atoms with E-state index < -0.39 is 11.7 Å². The van der Waals surface area contributed by atoms with Crippen LogP contribution in [0.15, 0.2) is 47.3 Å². The molecule has 25 heavy (non-hydrogen) atoms. The van der Waals surface area contributed by atoms with Gasteiger partial charge in [0.25, 0.3) is 11.5 Å². The van der Waals surface area contributed by atoms with Crippen LogP contribution in [0.4, 0.5) is 10.1 Å². The highest BCUT2D eigenvalue weighted by molar-refractivity contribution is 6.05. The first kappa shape index (κ1) is 16.9. The lowest BCUT2D eigenvalue weighted by atomic mass is 10.1. The topological polar surface area (TPSA) is 51.1 Å². The molecular formula is C20H19FN2O2. The molecule has 3 rings (SSSR count). The van der Waals surface area contributed by atoms with Gasteiger partial charge in [-0.2, -0.15) is 0 Å². The molecule has 0 aliphatic carbocycles. The van der Waals surface area contributed by atoms with Crippen LogP contribution in [-0.2, 0) is 6.54 Å². The lowest BCUT2D eigenvalue weighted by molar-refractivity contribution is 0.101. The Morgan fingerprint density at radius 1 is 1.12 bits per heavy atom. The Kier molecular flexibility index (Phi) is 4.40. The highest BCUT2D eigenvalue weighted by atomic mass is 19.1. The number of amides is 1. The minimum Gasteiger partial charge on any atom is -0.320 e. The Balaban J connectivity index is 2.10. The molecule has 1 aromatic heterocycles. The fraction of sp³-hybridized carbons (Fsp3) is 0.200. The minimum absolute atomic E-state index is 0.213. The molecule has 1 N–H and O–H groups in total. The van der Waals surface area contributed by atoms with E-state index in [1.165, 1.54) is 22.8 Å². The zero-order valence-electron chi connectivity index (χ0n) is 14.4. The molecule has 0 saturated heterocycles. The number of carbonyl (C=O) groups excluding carboxylic acids is 1. The number of nitrogens with zero attached hydrogens (tertiary/aromatic N) is 1. The molecular weight excluding hydrogens is 319 g/mol. The monoisotopic (exact) mass is 338 g/mol. The summed E-state index contributed by atoms with van der Waals surface area (Å²) in [5.41, 5.74) is 2.63. The number of aryl methyl sites for hydroxylation is 2. The lowest BCUT2D eigenvalue weighted by Gasteiger charge is -2.14. The maximum Gasteiger partial charge on any atom is 0.272 e. The molecule has 2 aromatic carbocycles. The zero-order valence-corrected chi connectivity index (χ0v) is 14.4. The van der Waals surface area contributed by atoms with Crippen LogP contribution in [0.25, 0.3) is 10.8 Å². The van der Waals surface area contributed by atoms with Gasteiger partial charge in [0, 0.05) is 17.6 Å². The minimum atomic E-state index is -0.443. The largest absolute Gasteiger partial charge is 0.320 e. The number of hydrogen-bond donors (Lipinski definition) is 1. The van der Waals surface area contributed by atoms with Crippen LogP contribution < -0.4 is 10.9 Å². The zero-order chi connectivity index (χ0) is 18.1. The molecule has 0 radical (unpaired) electrons. The molecule has 0 aliphatic heterocycles. The van der Waals surface area contributed by atoms with E-state index >= 15 is 0 Å². The summed E-state index contributed by atoms with van der Waals surface area (Å²) in [6.07, 6.45) is 0. The van der Waals surface area contributed by atoms with Gasteiger partial charge in [0.1, 0.15) is 11.5 Å². The van der Waals surface area contributed by atoms with Gasteiger partial charge in [0.2, 0.25) is 0 Å². The second-order valence-corrected chi connectivity index (χ2v) is 6.08. The summed E-state index contributed by atoms with van der Waals surface area (Å²) in [6.45, 7) is 6.03. The van der Waals surface area contributed by atoms with Gasteiger partial charge >= 0.3 is 0 Å². The van der Waals surface area contributed by atoms with Gasteiger partial charge in [0.15, 0.2) is 0 Å². The average molecular weight is 338 g/mol. The van der Waals surface area contributed by atoms with Crippen molar-refractivity contribution >= 4 is 22.4 Å². The van der Waals surface area contributed by atoms with Crippen molar-refractivity contribution in [1.82, 2.24) is 4.57 Å². The van der Waals surface area contributed by atoms with Crippen LogP contribution in [0, 0.1) is 19.7 Å². The second kappa shape index (κ2) is 6.51. The molecule has 0 spiro atoms. The third-order valence-corrected chi connectivity index (χ3v) is 4.25. The van der Waals surface area contributed by atoms with Crippen LogP contribution in [0.2, 0.25) is 0 Å². The number of rotatable bonds is 3. The van der Waals surface area contributed by atoms with Gasteiger partial charge < -0.3 is 9.88 Å². The number of pyridine rings is 1. The predicted octanol–water partition coefficient (Wildman–Crippen LogP) is 4.03. The third kappa shape index (κ3) is 3.18. The van der Waals surface area contributed by atoms with Gasteiger partial charge in [0.05, 0.1) is 0 Å². The molecule has 128 valence electrons. The molecule has 1 heterocycles. The number of hydrogen-bond acceptors (Lipinski definition) is 2. The van der Waals surface area contributed by atoms with Gasteiger partial charge in [-0.1, -0.05) is 17.7 Å². The van der Waals surface area contributed by atoms with Crippen molar-refractivity contribution in [1.29, 1.82) is 0 Å². The van der Waals surface area contributed by atoms with E-state index in [0.29, 0.717) is 23.0 Å². The molecule has 3 aromatic rings. The summed E-state index contributed by atoms with van der Waals surface area (Å²) in [5, 5.41) is 3.65. The summed E-state index contributed by atoms with van der Waals surface area (Å²) < 4.78 is 14.9. The summed E-state index contributed by atoms with van der Waals surface area (Å²) >= 11 is 0. The van der Waals surface area contributed by atoms with Crippen molar-refractivity contribution < 1.29 is 9.18 Å². The van der Waals surface area contributed by atoms with E-state index in [0.717, 1.165) is 11.1 Å². The summed E-state index contributed by atoms with van der Waals surface area (Å²) in [5.74, 6) is -0.834. The first-order chi connectivity index (χ1) is 11.9. The second-order valence-electron chi connectivity index (χ2n) is 6.08. The Morgan fingerprint density at radius 2 is 1.88 bits per heavy atom. The van der Waals surface area contributed by atoms with E-state index in [1.807, 2.05) is 32.0 Å². The first-order valence-corrected chi connectivity index (χ1v) is 8.12. The molecule has 0 saturated carbocycles. The normalized spacial score (nSPS) is 10.9. The molecule has 0 fully saturated rings. The SMILES string of the molecule is CCn1c(C(=O)Nc2ccc(C)cc2C)cc2cc(F)ccc2c1=O. The van der Waals surface area contributed by atoms with Crippen molar-refractivity contribution in [3.05, 3.63) is 75.5 Å². The van der Waals surface area contributed by atoms with Crippen LogP contribution in [-0.4, -0.2) is 10.5 Å².